The first-order valence-electron chi connectivity index (χ1n) is 8.99. The van der Waals surface area contributed by atoms with Crippen molar-refractivity contribution in [3.63, 3.8) is 0 Å². The molecule has 5 N–H and O–H groups in total. The van der Waals surface area contributed by atoms with Crippen LogP contribution in [0.1, 0.15) is 11.1 Å². The number of nitrogens with zero attached hydrogens (tertiary/aromatic N) is 1. The third kappa shape index (κ3) is 5.49. The van der Waals surface area contributed by atoms with Gasteiger partial charge in [-0.05, 0) is 35.4 Å². The van der Waals surface area contributed by atoms with Gasteiger partial charge in [-0.15, -0.1) is 0 Å². The minimum atomic E-state index is -2.38. The largest absolute Gasteiger partial charge is 0.380 e. The predicted molar refractivity (Wildman–Crippen MR) is 114 cm³/mol. The summed E-state index contributed by atoms with van der Waals surface area (Å²) in [7, 11) is -2.38. The fourth-order valence-electron chi connectivity index (χ4n) is 3.01. The lowest BCUT2D eigenvalue weighted by Crippen LogP contribution is -2.38. The van der Waals surface area contributed by atoms with Crippen molar-refractivity contribution in [3.8, 4) is 0 Å². The van der Waals surface area contributed by atoms with Crippen molar-refractivity contribution in [2.45, 2.75) is 6.54 Å². The van der Waals surface area contributed by atoms with Crippen molar-refractivity contribution >= 4 is 33.9 Å². The lowest BCUT2D eigenvalue weighted by molar-refractivity contribution is -0.124. The number of rotatable bonds is 6. The van der Waals surface area contributed by atoms with Gasteiger partial charge in [0.1, 0.15) is 0 Å². The van der Waals surface area contributed by atoms with E-state index in [-0.39, 0.29) is 0 Å². The minimum absolute atomic E-state index is 0.426. The first-order chi connectivity index (χ1) is 13.5. The number of anilines is 2. The van der Waals surface area contributed by atoms with E-state index in [1.807, 2.05) is 48.5 Å². The second-order valence-electron chi connectivity index (χ2n) is 6.61. The highest BCUT2D eigenvalue weighted by atomic mass is 32.3. The highest BCUT2D eigenvalue weighted by Crippen LogP contribution is 2.41. The Morgan fingerprint density at radius 2 is 1.75 bits per heavy atom. The fourth-order valence-corrected chi connectivity index (χ4v) is 4.24. The highest BCUT2D eigenvalue weighted by molar-refractivity contribution is 8.24. The summed E-state index contributed by atoms with van der Waals surface area (Å²) in [6.45, 7) is 1.93. The van der Waals surface area contributed by atoms with Gasteiger partial charge >= 0.3 is 0 Å². The number of para-hydroxylation sites is 1. The Bertz CT molecular complexity index is 830. The van der Waals surface area contributed by atoms with E-state index in [9.17, 15) is 13.9 Å². The standard InChI is InChI=1S/C20H25N3O4S/c24-20(22-25)10-7-17-3-1-2-4-19(17)21-15-16-5-8-18(9-6-16)23-11-13-28(26,27)14-12-23/h1-10,21,25-27H,11-15H2,(H,22,24)/b10-7+. The van der Waals surface area contributed by atoms with E-state index in [1.54, 1.807) is 11.6 Å². The molecule has 1 heterocycles. The summed E-state index contributed by atoms with van der Waals surface area (Å²) in [5, 5.41) is 11.9. The smallest absolute Gasteiger partial charge is 0.267 e. The van der Waals surface area contributed by atoms with Crippen molar-refractivity contribution in [2.24, 2.45) is 0 Å². The quantitative estimate of drug-likeness (QED) is 0.288. The van der Waals surface area contributed by atoms with Gasteiger partial charge in [0.05, 0.1) is 11.5 Å². The van der Waals surface area contributed by atoms with E-state index in [2.05, 4.69) is 10.2 Å². The summed E-state index contributed by atoms with van der Waals surface area (Å²) in [4.78, 5) is 13.3. The van der Waals surface area contributed by atoms with Gasteiger partial charge in [0, 0.05) is 37.1 Å². The van der Waals surface area contributed by atoms with Gasteiger partial charge in [0.2, 0.25) is 0 Å². The van der Waals surface area contributed by atoms with Gasteiger partial charge in [-0.1, -0.05) is 30.3 Å². The molecule has 0 radical (unpaired) electrons. The van der Waals surface area contributed by atoms with Crippen molar-refractivity contribution in [2.75, 3.05) is 34.8 Å². The normalized spacial score (nSPS) is 17.3. The van der Waals surface area contributed by atoms with Crippen LogP contribution in [0.25, 0.3) is 6.08 Å². The van der Waals surface area contributed by atoms with E-state index in [0.717, 1.165) is 22.5 Å². The minimum Gasteiger partial charge on any atom is -0.380 e. The van der Waals surface area contributed by atoms with E-state index in [1.165, 1.54) is 6.08 Å². The van der Waals surface area contributed by atoms with Gasteiger partial charge in [0.15, 0.2) is 0 Å². The van der Waals surface area contributed by atoms with E-state index in [4.69, 9.17) is 5.21 Å². The van der Waals surface area contributed by atoms with Gasteiger partial charge in [-0.2, -0.15) is 10.6 Å². The molecule has 0 aromatic heterocycles. The molecular formula is C20H25N3O4S. The molecule has 0 aliphatic carbocycles. The number of hydrogen-bond acceptors (Lipinski definition) is 6. The summed E-state index contributed by atoms with van der Waals surface area (Å²) >= 11 is 0. The second-order valence-corrected chi connectivity index (χ2v) is 9.03. The van der Waals surface area contributed by atoms with Crippen LogP contribution >= 0.6 is 10.6 Å². The number of carbonyl (C=O) groups is 1. The van der Waals surface area contributed by atoms with Crippen molar-refractivity contribution in [1.29, 1.82) is 0 Å². The molecule has 0 unspecified atom stereocenters. The van der Waals surface area contributed by atoms with Gasteiger partial charge < -0.3 is 10.2 Å². The zero-order valence-corrected chi connectivity index (χ0v) is 16.2. The summed E-state index contributed by atoms with van der Waals surface area (Å²) in [5.74, 6) is 0.272. The monoisotopic (exact) mass is 403 g/mol. The van der Waals surface area contributed by atoms with Crippen LogP contribution in [-0.4, -0.2) is 44.8 Å². The van der Waals surface area contributed by atoms with Crippen molar-refractivity contribution in [1.82, 2.24) is 5.48 Å². The van der Waals surface area contributed by atoms with Crippen molar-refractivity contribution in [3.05, 3.63) is 65.7 Å². The highest BCUT2D eigenvalue weighted by Gasteiger charge is 2.22. The number of amides is 1. The molecule has 1 saturated heterocycles. The van der Waals surface area contributed by atoms with Crippen LogP contribution in [-0.2, 0) is 11.3 Å². The lowest BCUT2D eigenvalue weighted by atomic mass is 10.1. The molecule has 150 valence electrons. The average Bonchev–Trinajstić information content (AvgIpc) is 2.71. The fraction of sp³-hybridized carbons (Fsp3) is 0.250. The maximum Gasteiger partial charge on any atom is 0.267 e. The molecule has 7 nitrogen and oxygen atoms in total. The number of nitrogens with one attached hydrogen (secondary N) is 2. The number of hydrogen-bond donors (Lipinski definition) is 5. The molecule has 0 spiro atoms. The molecular weight excluding hydrogens is 378 g/mol. The maximum absolute atomic E-state index is 11.2. The van der Waals surface area contributed by atoms with Crippen LogP contribution in [0.2, 0.25) is 0 Å². The van der Waals surface area contributed by atoms with Crippen LogP contribution in [0.4, 0.5) is 11.4 Å². The first kappa shape index (κ1) is 20.2. The number of benzene rings is 2. The summed E-state index contributed by atoms with van der Waals surface area (Å²) in [6.07, 6.45) is 2.90. The molecule has 3 rings (SSSR count). The summed E-state index contributed by atoms with van der Waals surface area (Å²) < 4.78 is 19.5. The molecule has 1 fully saturated rings. The predicted octanol–water partition coefficient (Wildman–Crippen LogP) is 3.39. The summed E-state index contributed by atoms with van der Waals surface area (Å²) in [6, 6.07) is 15.8. The van der Waals surface area contributed by atoms with Crippen LogP contribution in [0.5, 0.6) is 0 Å². The Morgan fingerprint density at radius 1 is 1.07 bits per heavy atom. The molecule has 2 aromatic rings. The molecule has 1 amide bonds. The first-order valence-corrected chi connectivity index (χ1v) is 10.9. The van der Waals surface area contributed by atoms with Gasteiger partial charge in [-0.3, -0.25) is 19.1 Å². The molecule has 1 aliphatic heterocycles. The summed E-state index contributed by atoms with van der Waals surface area (Å²) in [5.41, 5.74) is 5.49. The van der Waals surface area contributed by atoms with Crippen LogP contribution in [0.3, 0.4) is 0 Å². The number of carbonyl (C=O) groups excluding carboxylic acids is 1. The molecule has 8 heteroatoms. The Morgan fingerprint density at radius 3 is 2.43 bits per heavy atom. The third-order valence-electron chi connectivity index (χ3n) is 4.65. The zero-order chi connectivity index (χ0) is 20.0. The third-order valence-corrected chi connectivity index (χ3v) is 6.32. The van der Waals surface area contributed by atoms with Crippen LogP contribution in [0, 0.1) is 0 Å². The molecule has 0 bridgehead atoms. The molecule has 0 saturated carbocycles. The van der Waals surface area contributed by atoms with E-state index < -0.39 is 16.5 Å². The van der Waals surface area contributed by atoms with Gasteiger partial charge in [0.25, 0.3) is 5.91 Å². The topological polar surface area (TPSA) is 105 Å². The Labute approximate surface area is 166 Å². The van der Waals surface area contributed by atoms with Crippen LogP contribution < -0.4 is 15.7 Å². The lowest BCUT2D eigenvalue weighted by Gasteiger charge is -2.41. The average molecular weight is 404 g/mol. The van der Waals surface area contributed by atoms with Crippen molar-refractivity contribution < 1.29 is 19.1 Å². The zero-order valence-electron chi connectivity index (χ0n) is 15.4. The Kier molecular flexibility index (Phi) is 6.58. The second kappa shape index (κ2) is 9.11. The van der Waals surface area contributed by atoms with E-state index in [0.29, 0.717) is 31.1 Å². The SMILES string of the molecule is O=C(/C=C/c1ccccc1NCc1ccc(N2CCS(O)(O)CC2)cc1)NO. The van der Waals surface area contributed by atoms with Gasteiger partial charge in [-0.25, -0.2) is 5.48 Å². The molecule has 2 aromatic carbocycles. The Balaban J connectivity index is 1.60. The maximum atomic E-state index is 11.2. The Hall–Kier alpha value is -2.52. The molecule has 28 heavy (non-hydrogen) atoms. The number of hydroxylamine groups is 1. The molecule has 1 aliphatic rings. The molecule has 0 atom stereocenters. The van der Waals surface area contributed by atoms with Crippen LogP contribution in [0.15, 0.2) is 54.6 Å². The van der Waals surface area contributed by atoms with E-state index >= 15 is 0 Å².